The van der Waals surface area contributed by atoms with Crippen LogP contribution in [0.4, 0.5) is 0 Å². The molecule has 0 saturated carbocycles. The average Bonchev–Trinajstić information content (AvgIpc) is 3.59. The molecular formula is C31H28N2O4S. The Morgan fingerprint density at radius 2 is 1.61 bits per heavy atom. The lowest BCUT2D eigenvalue weighted by Gasteiger charge is -2.19. The molecule has 0 aliphatic carbocycles. The van der Waals surface area contributed by atoms with Crippen LogP contribution in [0.3, 0.4) is 0 Å². The number of rotatable bonds is 8. The van der Waals surface area contributed by atoms with E-state index in [2.05, 4.69) is 9.71 Å². The van der Waals surface area contributed by atoms with Gasteiger partial charge in [-0.2, -0.15) is 0 Å². The van der Waals surface area contributed by atoms with Gasteiger partial charge < -0.3 is 14.8 Å². The van der Waals surface area contributed by atoms with Crippen molar-refractivity contribution < 1.29 is 18.3 Å². The van der Waals surface area contributed by atoms with Crippen LogP contribution in [0, 0.1) is 0 Å². The second-order valence-electron chi connectivity index (χ2n) is 9.54. The van der Waals surface area contributed by atoms with E-state index in [4.69, 9.17) is 4.74 Å². The van der Waals surface area contributed by atoms with Crippen LogP contribution in [-0.4, -0.2) is 37.8 Å². The second-order valence-corrected chi connectivity index (χ2v) is 11.2. The monoisotopic (exact) mass is 524 g/mol. The molecule has 0 unspecified atom stereocenters. The number of aliphatic hydroxyl groups is 1. The van der Waals surface area contributed by atoms with E-state index in [1.165, 1.54) is 0 Å². The summed E-state index contributed by atoms with van der Waals surface area (Å²) in [6, 6.07) is 28.9. The number of aromatic nitrogens is 1. The molecule has 5 aromatic rings. The number of fused-ring (bicyclic) bond motifs is 2. The van der Waals surface area contributed by atoms with E-state index in [-0.39, 0.29) is 11.5 Å². The van der Waals surface area contributed by atoms with Crippen molar-refractivity contribution in [2.45, 2.75) is 23.8 Å². The van der Waals surface area contributed by atoms with Crippen molar-refractivity contribution in [3.63, 3.8) is 0 Å². The van der Waals surface area contributed by atoms with Crippen LogP contribution in [-0.2, 0) is 22.9 Å². The summed E-state index contributed by atoms with van der Waals surface area (Å²) in [4.78, 5) is 3.31. The first-order valence-corrected chi connectivity index (χ1v) is 14.1. The molecule has 0 saturated heterocycles. The van der Waals surface area contributed by atoms with Gasteiger partial charge in [0.05, 0.1) is 13.2 Å². The Bertz CT molecular complexity index is 1710. The predicted molar refractivity (Wildman–Crippen MR) is 150 cm³/mol. The molecule has 7 heteroatoms. The van der Waals surface area contributed by atoms with Gasteiger partial charge in [0.2, 0.25) is 10.0 Å². The molecule has 0 bridgehead atoms. The first kappa shape index (κ1) is 24.4. The van der Waals surface area contributed by atoms with Gasteiger partial charge in [-0.25, -0.2) is 13.1 Å². The minimum absolute atomic E-state index is 0.0998. The van der Waals surface area contributed by atoms with Crippen molar-refractivity contribution in [3.05, 3.63) is 108 Å². The lowest BCUT2D eigenvalue weighted by molar-refractivity contribution is 0.256. The van der Waals surface area contributed by atoms with Crippen molar-refractivity contribution in [1.82, 2.24) is 9.71 Å². The van der Waals surface area contributed by atoms with Crippen LogP contribution in [0.1, 0.15) is 11.1 Å². The summed E-state index contributed by atoms with van der Waals surface area (Å²) in [6.45, 7) is 0.0960. The summed E-state index contributed by atoms with van der Waals surface area (Å²) in [5.74, 6) is 0.391. The fraction of sp³-hybridized carbons (Fsp3) is 0.161. The first-order valence-electron chi connectivity index (χ1n) is 12.7. The average molecular weight is 525 g/mol. The first-order chi connectivity index (χ1) is 18.5. The maximum absolute atomic E-state index is 13.8. The quantitative estimate of drug-likeness (QED) is 0.256. The molecular weight excluding hydrogens is 496 g/mol. The normalized spacial score (nSPS) is 13.8. The Balaban J connectivity index is 1.37. The minimum atomic E-state index is -4.01. The summed E-state index contributed by atoms with van der Waals surface area (Å²) in [5.41, 5.74) is 6.61. The lowest BCUT2D eigenvalue weighted by Crippen LogP contribution is -2.39. The Labute approximate surface area is 222 Å². The molecule has 2 heterocycles. The fourth-order valence-electron chi connectivity index (χ4n) is 5.22. The zero-order valence-corrected chi connectivity index (χ0v) is 21.5. The second kappa shape index (κ2) is 10.1. The summed E-state index contributed by atoms with van der Waals surface area (Å²) in [6.07, 6.45) is 2.85. The summed E-state index contributed by atoms with van der Waals surface area (Å²) >= 11 is 0. The number of benzene rings is 4. The van der Waals surface area contributed by atoms with E-state index in [9.17, 15) is 13.5 Å². The Morgan fingerprint density at radius 1 is 0.895 bits per heavy atom. The van der Waals surface area contributed by atoms with Gasteiger partial charge in [-0.05, 0) is 58.0 Å². The van der Waals surface area contributed by atoms with Gasteiger partial charge >= 0.3 is 0 Å². The van der Waals surface area contributed by atoms with Crippen molar-refractivity contribution in [2.75, 3.05) is 13.2 Å². The van der Waals surface area contributed by atoms with Gasteiger partial charge in [0.25, 0.3) is 0 Å². The van der Waals surface area contributed by atoms with E-state index in [0.717, 1.165) is 44.3 Å². The van der Waals surface area contributed by atoms with Crippen LogP contribution < -0.4 is 9.46 Å². The molecule has 6 rings (SSSR count). The SMILES string of the molecule is O=S(=O)(N[C@@H](CO)Cc1c[nH]c2ccccc12)c1cc(-c2ccccc2-c2ccccc2)cc2c1OCC2. The van der Waals surface area contributed by atoms with E-state index >= 15 is 0 Å². The highest BCUT2D eigenvalue weighted by Gasteiger charge is 2.29. The molecule has 3 N–H and O–H groups in total. The lowest BCUT2D eigenvalue weighted by atomic mass is 9.93. The maximum atomic E-state index is 13.8. The molecule has 1 aliphatic heterocycles. The third-order valence-corrected chi connectivity index (χ3v) is 8.57. The molecule has 38 heavy (non-hydrogen) atoms. The summed E-state index contributed by atoms with van der Waals surface area (Å²) in [7, 11) is -4.01. The van der Waals surface area contributed by atoms with E-state index in [1.54, 1.807) is 6.07 Å². The van der Waals surface area contributed by atoms with Gasteiger partial charge in [-0.15, -0.1) is 0 Å². The van der Waals surface area contributed by atoms with E-state index in [0.29, 0.717) is 25.2 Å². The van der Waals surface area contributed by atoms with Crippen molar-refractivity contribution in [1.29, 1.82) is 0 Å². The van der Waals surface area contributed by atoms with Crippen molar-refractivity contribution >= 4 is 20.9 Å². The molecule has 0 radical (unpaired) electrons. The molecule has 0 fully saturated rings. The molecule has 1 atom stereocenters. The number of sulfonamides is 1. The highest BCUT2D eigenvalue weighted by molar-refractivity contribution is 7.89. The van der Waals surface area contributed by atoms with Gasteiger partial charge in [0.1, 0.15) is 10.6 Å². The molecule has 192 valence electrons. The highest BCUT2D eigenvalue weighted by Crippen LogP contribution is 2.40. The Morgan fingerprint density at radius 3 is 2.39 bits per heavy atom. The van der Waals surface area contributed by atoms with Crippen LogP contribution in [0.25, 0.3) is 33.2 Å². The maximum Gasteiger partial charge on any atom is 0.244 e. The van der Waals surface area contributed by atoms with Crippen molar-refractivity contribution in [3.8, 4) is 28.0 Å². The minimum Gasteiger partial charge on any atom is -0.492 e. The number of H-pyrrole nitrogens is 1. The number of hydrogen-bond acceptors (Lipinski definition) is 4. The summed E-state index contributed by atoms with van der Waals surface area (Å²) < 4.78 is 36.1. The predicted octanol–water partition coefficient (Wildman–Crippen LogP) is 5.32. The van der Waals surface area contributed by atoms with Gasteiger partial charge in [0.15, 0.2) is 0 Å². The Kier molecular flexibility index (Phi) is 6.49. The Hall–Kier alpha value is -3.91. The highest BCUT2D eigenvalue weighted by atomic mass is 32.2. The molecule has 1 aliphatic rings. The van der Waals surface area contributed by atoms with Crippen molar-refractivity contribution in [2.24, 2.45) is 0 Å². The number of hydrogen-bond donors (Lipinski definition) is 3. The number of aliphatic hydroxyl groups excluding tert-OH is 1. The van der Waals surface area contributed by atoms with E-state index in [1.807, 2.05) is 91.1 Å². The van der Waals surface area contributed by atoms with Gasteiger partial charge in [-0.1, -0.05) is 72.8 Å². The number of aromatic amines is 1. The molecule has 0 amide bonds. The number of para-hydroxylation sites is 1. The van der Waals surface area contributed by atoms with E-state index < -0.39 is 16.1 Å². The zero-order chi connectivity index (χ0) is 26.1. The largest absolute Gasteiger partial charge is 0.492 e. The topological polar surface area (TPSA) is 91.4 Å². The van der Waals surface area contributed by atoms with Gasteiger partial charge in [-0.3, -0.25) is 0 Å². The number of ether oxygens (including phenoxy) is 1. The van der Waals surface area contributed by atoms with Crippen LogP contribution >= 0.6 is 0 Å². The molecule has 4 aromatic carbocycles. The molecule has 0 spiro atoms. The van der Waals surface area contributed by atoms with Crippen LogP contribution in [0.5, 0.6) is 5.75 Å². The molecule has 6 nitrogen and oxygen atoms in total. The third kappa shape index (κ3) is 4.60. The standard InChI is InChI=1S/C31H28N2O4S/c34-20-25(17-24-19-32-29-13-7-6-12-28(24)29)33-38(35,36)30-18-23(16-22-14-15-37-31(22)30)27-11-5-4-10-26(27)21-8-2-1-3-9-21/h1-13,16,18-19,25,32-34H,14-15,17,20H2/t25-/m1/s1. The molecule has 1 aromatic heterocycles. The smallest absolute Gasteiger partial charge is 0.244 e. The van der Waals surface area contributed by atoms with Crippen LogP contribution in [0.2, 0.25) is 0 Å². The fourth-order valence-corrected chi connectivity index (χ4v) is 6.66. The van der Waals surface area contributed by atoms with Crippen LogP contribution in [0.15, 0.2) is 102 Å². The summed E-state index contributed by atoms with van der Waals surface area (Å²) in [5, 5.41) is 11.1. The zero-order valence-electron chi connectivity index (χ0n) is 20.7. The number of nitrogens with one attached hydrogen (secondary N) is 2. The van der Waals surface area contributed by atoms with Gasteiger partial charge in [0, 0.05) is 29.6 Å². The third-order valence-electron chi connectivity index (χ3n) is 7.05.